The molecule has 1 N–H and O–H groups in total. The number of nitrogens with zero attached hydrogens (tertiary/aromatic N) is 2. The van der Waals surface area contributed by atoms with Crippen LogP contribution in [0.3, 0.4) is 0 Å². The van der Waals surface area contributed by atoms with Crippen molar-refractivity contribution in [1.29, 1.82) is 5.26 Å². The topological polar surface area (TPSA) is 39.1 Å². The van der Waals surface area contributed by atoms with Crippen molar-refractivity contribution in [2.45, 2.75) is 25.8 Å². The summed E-state index contributed by atoms with van der Waals surface area (Å²) in [5.41, 5.74) is 1.85. The zero-order valence-electron chi connectivity index (χ0n) is 10.3. The van der Waals surface area contributed by atoms with Gasteiger partial charge in [0.1, 0.15) is 6.07 Å². The SMILES string of the molecule is CC1CN(c2ccccc2C#N)CCCCN1. The Hall–Kier alpha value is -1.53. The Balaban J connectivity index is 2.21. The maximum atomic E-state index is 9.15. The Labute approximate surface area is 103 Å². The molecule has 3 heteroatoms. The van der Waals surface area contributed by atoms with E-state index in [1.165, 1.54) is 12.8 Å². The summed E-state index contributed by atoms with van der Waals surface area (Å²) in [5, 5.41) is 12.6. The van der Waals surface area contributed by atoms with Gasteiger partial charge in [0.25, 0.3) is 0 Å². The highest BCUT2D eigenvalue weighted by atomic mass is 15.2. The van der Waals surface area contributed by atoms with Gasteiger partial charge >= 0.3 is 0 Å². The molecule has 0 saturated carbocycles. The van der Waals surface area contributed by atoms with Crippen LogP contribution in [0.15, 0.2) is 24.3 Å². The molecule has 1 saturated heterocycles. The number of nitrogens with one attached hydrogen (secondary N) is 1. The highest BCUT2D eigenvalue weighted by molar-refractivity contribution is 5.59. The summed E-state index contributed by atoms with van der Waals surface area (Å²) >= 11 is 0. The van der Waals surface area contributed by atoms with Gasteiger partial charge in [-0.15, -0.1) is 0 Å². The predicted octanol–water partition coefficient (Wildman–Crippen LogP) is 2.14. The van der Waals surface area contributed by atoms with Crippen LogP contribution in [0.5, 0.6) is 0 Å². The third-order valence-corrected chi connectivity index (χ3v) is 3.21. The van der Waals surface area contributed by atoms with Crippen molar-refractivity contribution in [3.05, 3.63) is 29.8 Å². The first-order chi connectivity index (χ1) is 8.31. The van der Waals surface area contributed by atoms with Crippen LogP contribution in [0, 0.1) is 11.3 Å². The highest BCUT2D eigenvalue weighted by Gasteiger charge is 2.15. The van der Waals surface area contributed by atoms with E-state index in [1.807, 2.05) is 24.3 Å². The first kappa shape index (κ1) is 11.9. The van der Waals surface area contributed by atoms with E-state index in [9.17, 15) is 0 Å². The minimum atomic E-state index is 0.474. The average Bonchev–Trinajstić information content (AvgIpc) is 2.33. The van der Waals surface area contributed by atoms with Crippen LogP contribution in [-0.4, -0.2) is 25.7 Å². The lowest BCUT2D eigenvalue weighted by Gasteiger charge is -2.31. The number of hydrogen-bond donors (Lipinski definition) is 1. The van der Waals surface area contributed by atoms with Crippen molar-refractivity contribution in [1.82, 2.24) is 5.32 Å². The molecule has 1 aliphatic rings. The van der Waals surface area contributed by atoms with Gasteiger partial charge in [-0.3, -0.25) is 0 Å². The quantitative estimate of drug-likeness (QED) is 0.802. The average molecular weight is 229 g/mol. The molecular formula is C14H19N3. The Kier molecular flexibility index (Phi) is 4.00. The molecule has 90 valence electrons. The van der Waals surface area contributed by atoms with E-state index in [1.54, 1.807) is 0 Å². The van der Waals surface area contributed by atoms with Crippen molar-refractivity contribution >= 4 is 5.69 Å². The Morgan fingerprint density at radius 3 is 3.00 bits per heavy atom. The van der Waals surface area contributed by atoms with Gasteiger partial charge in [-0.25, -0.2) is 0 Å². The van der Waals surface area contributed by atoms with Gasteiger partial charge in [0.05, 0.1) is 11.3 Å². The minimum Gasteiger partial charge on any atom is -0.369 e. The van der Waals surface area contributed by atoms with Gasteiger partial charge in [0, 0.05) is 19.1 Å². The Morgan fingerprint density at radius 1 is 1.35 bits per heavy atom. The summed E-state index contributed by atoms with van der Waals surface area (Å²) < 4.78 is 0. The maximum Gasteiger partial charge on any atom is 0.101 e. The first-order valence-corrected chi connectivity index (χ1v) is 6.28. The summed E-state index contributed by atoms with van der Waals surface area (Å²) in [7, 11) is 0. The second-order valence-electron chi connectivity index (χ2n) is 4.64. The van der Waals surface area contributed by atoms with Gasteiger partial charge in [0.15, 0.2) is 0 Å². The fraction of sp³-hybridized carbons (Fsp3) is 0.500. The van der Waals surface area contributed by atoms with E-state index >= 15 is 0 Å². The summed E-state index contributed by atoms with van der Waals surface area (Å²) in [4.78, 5) is 2.33. The van der Waals surface area contributed by atoms with E-state index in [2.05, 4.69) is 23.2 Å². The van der Waals surface area contributed by atoms with E-state index in [-0.39, 0.29) is 0 Å². The van der Waals surface area contributed by atoms with Gasteiger partial charge in [-0.05, 0) is 38.4 Å². The third kappa shape index (κ3) is 2.98. The van der Waals surface area contributed by atoms with Crippen LogP contribution in [0.4, 0.5) is 5.69 Å². The van der Waals surface area contributed by atoms with E-state index in [4.69, 9.17) is 5.26 Å². The minimum absolute atomic E-state index is 0.474. The molecule has 1 aliphatic heterocycles. The molecule has 0 amide bonds. The number of benzene rings is 1. The monoisotopic (exact) mass is 229 g/mol. The van der Waals surface area contributed by atoms with Crippen LogP contribution in [0.1, 0.15) is 25.3 Å². The lowest BCUT2D eigenvalue weighted by Crippen LogP contribution is -2.42. The van der Waals surface area contributed by atoms with E-state index in [0.29, 0.717) is 6.04 Å². The molecule has 1 aromatic rings. The molecule has 0 radical (unpaired) electrons. The largest absolute Gasteiger partial charge is 0.369 e. The van der Waals surface area contributed by atoms with E-state index in [0.717, 1.165) is 30.9 Å². The molecule has 17 heavy (non-hydrogen) atoms. The molecule has 1 fully saturated rings. The van der Waals surface area contributed by atoms with Crippen LogP contribution < -0.4 is 10.2 Å². The normalized spacial score (nSPS) is 21.4. The summed E-state index contributed by atoms with van der Waals surface area (Å²) in [6.07, 6.45) is 2.38. The molecule has 2 rings (SSSR count). The smallest absolute Gasteiger partial charge is 0.101 e. The molecule has 0 bridgehead atoms. The molecule has 0 aliphatic carbocycles. The van der Waals surface area contributed by atoms with Crippen molar-refractivity contribution in [2.24, 2.45) is 0 Å². The standard InChI is InChI=1S/C14H19N3/c1-12-11-17(9-5-4-8-16-12)14-7-3-2-6-13(14)10-15/h2-3,6-7,12,16H,4-5,8-9,11H2,1H3. The molecule has 0 spiro atoms. The van der Waals surface area contributed by atoms with Gasteiger partial charge in [-0.2, -0.15) is 5.26 Å². The summed E-state index contributed by atoms with van der Waals surface area (Å²) in [5.74, 6) is 0. The molecule has 1 heterocycles. The zero-order chi connectivity index (χ0) is 12.1. The van der Waals surface area contributed by atoms with Gasteiger partial charge < -0.3 is 10.2 Å². The predicted molar refractivity (Wildman–Crippen MR) is 70.1 cm³/mol. The Bertz CT molecular complexity index is 408. The van der Waals surface area contributed by atoms with Crippen LogP contribution >= 0.6 is 0 Å². The number of nitriles is 1. The fourth-order valence-corrected chi connectivity index (χ4v) is 2.33. The second-order valence-corrected chi connectivity index (χ2v) is 4.64. The third-order valence-electron chi connectivity index (χ3n) is 3.21. The summed E-state index contributed by atoms with van der Waals surface area (Å²) in [6.45, 7) is 5.33. The lowest BCUT2D eigenvalue weighted by molar-refractivity contribution is 0.485. The van der Waals surface area contributed by atoms with Crippen LogP contribution in [0.25, 0.3) is 0 Å². The molecular weight excluding hydrogens is 210 g/mol. The molecule has 1 unspecified atom stereocenters. The molecule has 3 nitrogen and oxygen atoms in total. The zero-order valence-corrected chi connectivity index (χ0v) is 10.3. The molecule has 1 aromatic carbocycles. The van der Waals surface area contributed by atoms with Crippen LogP contribution in [-0.2, 0) is 0 Å². The lowest BCUT2D eigenvalue weighted by atomic mass is 10.1. The van der Waals surface area contributed by atoms with Crippen molar-refractivity contribution in [3.63, 3.8) is 0 Å². The second kappa shape index (κ2) is 5.70. The maximum absolute atomic E-state index is 9.15. The first-order valence-electron chi connectivity index (χ1n) is 6.28. The van der Waals surface area contributed by atoms with Gasteiger partial charge in [-0.1, -0.05) is 12.1 Å². The molecule has 0 aromatic heterocycles. The van der Waals surface area contributed by atoms with Crippen LogP contribution in [0.2, 0.25) is 0 Å². The summed E-state index contributed by atoms with van der Waals surface area (Å²) in [6, 6.07) is 10.6. The van der Waals surface area contributed by atoms with Gasteiger partial charge in [0.2, 0.25) is 0 Å². The van der Waals surface area contributed by atoms with Crippen molar-refractivity contribution in [2.75, 3.05) is 24.5 Å². The van der Waals surface area contributed by atoms with Crippen molar-refractivity contribution < 1.29 is 0 Å². The number of anilines is 1. The van der Waals surface area contributed by atoms with Crippen molar-refractivity contribution in [3.8, 4) is 6.07 Å². The fourth-order valence-electron chi connectivity index (χ4n) is 2.33. The highest BCUT2D eigenvalue weighted by Crippen LogP contribution is 2.21. The molecule has 1 atom stereocenters. The number of rotatable bonds is 1. The number of para-hydroxylation sites is 1. The Morgan fingerprint density at radius 2 is 2.18 bits per heavy atom. The number of hydrogen-bond acceptors (Lipinski definition) is 3. The van der Waals surface area contributed by atoms with E-state index < -0.39 is 0 Å².